The second-order valence-electron chi connectivity index (χ2n) is 5.19. The molecule has 1 saturated heterocycles. The van der Waals surface area contributed by atoms with Crippen LogP contribution in [0.1, 0.15) is 20.3 Å². The number of aromatic nitrogens is 2. The van der Waals surface area contributed by atoms with Crippen LogP contribution in [0.5, 0.6) is 5.88 Å². The number of ether oxygens (including phenoxy) is 1. The van der Waals surface area contributed by atoms with E-state index in [1.54, 1.807) is 19.4 Å². The lowest BCUT2D eigenvalue weighted by Gasteiger charge is -2.28. The summed E-state index contributed by atoms with van der Waals surface area (Å²) in [5, 5.41) is 9.51. The minimum atomic E-state index is -0.743. The number of carboxylic acids is 1. The number of aliphatic carboxylic acids is 1. The first-order chi connectivity index (χ1) is 8.99. The Labute approximate surface area is 112 Å². The Kier molecular flexibility index (Phi) is 3.59. The summed E-state index contributed by atoms with van der Waals surface area (Å²) in [4.78, 5) is 21.9. The van der Waals surface area contributed by atoms with Gasteiger partial charge in [-0.15, -0.1) is 0 Å². The molecular weight excluding hydrogens is 246 g/mol. The number of anilines is 1. The number of carboxylic acid groups (broad SMARTS) is 1. The first-order valence-electron chi connectivity index (χ1n) is 6.35. The molecule has 1 unspecified atom stereocenters. The van der Waals surface area contributed by atoms with Crippen LogP contribution < -0.4 is 9.64 Å². The summed E-state index contributed by atoms with van der Waals surface area (Å²) >= 11 is 0. The molecule has 104 valence electrons. The van der Waals surface area contributed by atoms with E-state index >= 15 is 0 Å². The second-order valence-corrected chi connectivity index (χ2v) is 5.19. The average molecular weight is 265 g/mol. The zero-order chi connectivity index (χ0) is 14.0. The van der Waals surface area contributed by atoms with Crippen molar-refractivity contribution in [3.63, 3.8) is 0 Å². The maximum atomic E-state index is 11.6. The molecule has 0 bridgehead atoms. The van der Waals surface area contributed by atoms with Crippen LogP contribution in [-0.4, -0.2) is 41.2 Å². The molecule has 0 spiro atoms. The van der Waals surface area contributed by atoms with Crippen molar-refractivity contribution in [1.82, 2.24) is 9.97 Å². The van der Waals surface area contributed by atoms with Gasteiger partial charge in [-0.2, -0.15) is 4.98 Å². The monoisotopic (exact) mass is 265 g/mol. The van der Waals surface area contributed by atoms with Crippen LogP contribution in [0.4, 0.5) is 5.95 Å². The van der Waals surface area contributed by atoms with Gasteiger partial charge in [0.1, 0.15) is 0 Å². The van der Waals surface area contributed by atoms with Crippen LogP contribution in [0, 0.1) is 11.3 Å². The van der Waals surface area contributed by atoms with Gasteiger partial charge in [0.2, 0.25) is 11.8 Å². The molecule has 1 aromatic heterocycles. The molecule has 0 aliphatic carbocycles. The van der Waals surface area contributed by atoms with Gasteiger partial charge in [-0.1, -0.05) is 13.8 Å². The van der Waals surface area contributed by atoms with Crippen LogP contribution in [0.3, 0.4) is 0 Å². The van der Waals surface area contributed by atoms with Gasteiger partial charge in [-0.05, 0) is 12.3 Å². The molecule has 1 atom stereocenters. The summed E-state index contributed by atoms with van der Waals surface area (Å²) in [6.07, 6.45) is 2.23. The first kappa shape index (κ1) is 13.6. The summed E-state index contributed by atoms with van der Waals surface area (Å²) < 4.78 is 5.07. The fourth-order valence-corrected chi connectivity index (χ4v) is 2.50. The molecule has 19 heavy (non-hydrogen) atoms. The molecule has 1 aromatic rings. The number of hydrogen-bond acceptors (Lipinski definition) is 5. The fourth-order valence-electron chi connectivity index (χ4n) is 2.50. The zero-order valence-electron chi connectivity index (χ0n) is 11.5. The number of nitrogens with zero attached hydrogens (tertiary/aromatic N) is 3. The normalized spacial score (nSPS) is 22.8. The van der Waals surface area contributed by atoms with Crippen LogP contribution in [0.15, 0.2) is 12.3 Å². The van der Waals surface area contributed by atoms with Gasteiger partial charge in [0.05, 0.1) is 12.5 Å². The van der Waals surface area contributed by atoms with Gasteiger partial charge < -0.3 is 14.7 Å². The van der Waals surface area contributed by atoms with E-state index in [-0.39, 0.29) is 5.92 Å². The van der Waals surface area contributed by atoms with Crippen molar-refractivity contribution in [3.05, 3.63) is 12.3 Å². The van der Waals surface area contributed by atoms with E-state index in [4.69, 9.17) is 4.74 Å². The van der Waals surface area contributed by atoms with Gasteiger partial charge in [0.25, 0.3) is 0 Å². The third kappa shape index (κ3) is 2.34. The smallest absolute Gasteiger partial charge is 0.311 e. The maximum absolute atomic E-state index is 11.6. The van der Waals surface area contributed by atoms with Crippen LogP contribution in [0.2, 0.25) is 0 Å². The molecule has 1 fully saturated rings. The Morgan fingerprint density at radius 2 is 2.32 bits per heavy atom. The molecule has 6 heteroatoms. The van der Waals surface area contributed by atoms with E-state index in [1.165, 1.54) is 0 Å². The summed E-state index contributed by atoms with van der Waals surface area (Å²) in [7, 11) is 1.55. The third-order valence-electron chi connectivity index (χ3n) is 3.94. The van der Waals surface area contributed by atoms with Gasteiger partial charge in [-0.25, -0.2) is 4.98 Å². The van der Waals surface area contributed by atoms with Crippen molar-refractivity contribution >= 4 is 11.9 Å². The molecule has 6 nitrogen and oxygen atoms in total. The average Bonchev–Trinajstić information content (AvgIpc) is 2.85. The van der Waals surface area contributed by atoms with Crippen LogP contribution >= 0.6 is 0 Å². The summed E-state index contributed by atoms with van der Waals surface area (Å²) in [6.45, 7) is 4.99. The summed E-state index contributed by atoms with van der Waals surface area (Å²) in [5.74, 6) is 0.346. The topological polar surface area (TPSA) is 75.5 Å². The molecule has 0 aromatic carbocycles. The molecule has 1 aliphatic heterocycles. The molecule has 0 radical (unpaired) electrons. The van der Waals surface area contributed by atoms with Gasteiger partial charge in [0, 0.05) is 25.4 Å². The Balaban J connectivity index is 2.23. The molecule has 0 saturated carbocycles. The molecule has 1 aliphatic rings. The van der Waals surface area contributed by atoms with E-state index < -0.39 is 11.4 Å². The largest absolute Gasteiger partial charge is 0.481 e. The standard InChI is InChI=1S/C13H19N3O3/c1-9(2)13(11(17)18)5-7-16(8-13)12-14-6-4-10(15-12)19-3/h4,6,9H,5,7-8H2,1-3H3,(H,17,18). The van der Waals surface area contributed by atoms with Crippen molar-refractivity contribution in [3.8, 4) is 5.88 Å². The lowest BCUT2D eigenvalue weighted by Crippen LogP contribution is -2.39. The SMILES string of the molecule is COc1ccnc(N2CCC(C(=O)O)(C(C)C)C2)n1. The summed E-state index contributed by atoms with van der Waals surface area (Å²) in [5.41, 5.74) is -0.716. The number of carbonyl (C=O) groups is 1. The molecule has 2 heterocycles. The van der Waals surface area contributed by atoms with Gasteiger partial charge in [0.15, 0.2) is 0 Å². The highest BCUT2D eigenvalue weighted by molar-refractivity contribution is 5.77. The van der Waals surface area contributed by atoms with Crippen LogP contribution in [0.25, 0.3) is 0 Å². The predicted octanol–water partition coefficient (Wildman–Crippen LogP) is 1.42. The van der Waals surface area contributed by atoms with E-state index in [1.807, 2.05) is 18.7 Å². The lowest BCUT2D eigenvalue weighted by atomic mass is 9.76. The fraction of sp³-hybridized carbons (Fsp3) is 0.615. The quantitative estimate of drug-likeness (QED) is 0.887. The van der Waals surface area contributed by atoms with E-state index in [0.717, 1.165) is 0 Å². The minimum Gasteiger partial charge on any atom is -0.481 e. The Morgan fingerprint density at radius 1 is 1.58 bits per heavy atom. The van der Waals surface area contributed by atoms with Crippen LogP contribution in [-0.2, 0) is 4.79 Å². The van der Waals surface area contributed by atoms with E-state index in [2.05, 4.69) is 9.97 Å². The van der Waals surface area contributed by atoms with Gasteiger partial charge in [-0.3, -0.25) is 4.79 Å². The second kappa shape index (κ2) is 5.03. The summed E-state index contributed by atoms with van der Waals surface area (Å²) in [6, 6.07) is 1.67. The molecule has 1 N–H and O–H groups in total. The Hall–Kier alpha value is -1.85. The number of hydrogen-bond donors (Lipinski definition) is 1. The molecule has 0 amide bonds. The molecular formula is C13H19N3O3. The highest BCUT2D eigenvalue weighted by Crippen LogP contribution is 2.39. The van der Waals surface area contributed by atoms with Crippen molar-refractivity contribution in [2.75, 3.05) is 25.1 Å². The Morgan fingerprint density at radius 3 is 2.84 bits per heavy atom. The van der Waals surface area contributed by atoms with Crippen molar-refractivity contribution < 1.29 is 14.6 Å². The lowest BCUT2D eigenvalue weighted by molar-refractivity contribution is -0.150. The maximum Gasteiger partial charge on any atom is 0.311 e. The first-order valence-corrected chi connectivity index (χ1v) is 6.35. The minimum absolute atomic E-state index is 0.0700. The third-order valence-corrected chi connectivity index (χ3v) is 3.94. The number of rotatable bonds is 4. The Bertz CT molecular complexity index is 478. The van der Waals surface area contributed by atoms with E-state index in [0.29, 0.717) is 31.3 Å². The predicted molar refractivity (Wildman–Crippen MR) is 70.3 cm³/mol. The van der Waals surface area contributed by atoms with Gasteiger partial charge >= 0.3 is 5.97 Å². The highest BCUT2D eigenvalue weighted by Gasteiger charge is 2.47. The van der Waals surface area contributed by atoms with Crippen molar-refractivity contribution in [2.45, 2.75) is 20.3 Å². The van der Waals surface area contributed by atoms with E-state index in [9.17, 15) is 9.90 Å². The van der Waals surface area contributed by atoms with Crippen molar-refractivity contribution in [2.24, 2.45) is 11.3 Å². The number of methoxy groups -OCH3 is 1. The van der Waals surface area contributed by atoms with Crippen molar-refractivity contribution in [1.29, 1.82) is 0 Å². The highest BCUT2D eigenvalue weighted by atomic mass is 16.5. The zero-order valence-corrected chi connectivity index (χ0v) is 11.5. The molecule has 2 rings (SSSR count).